The summed E-state index contributed by atoms with van der Waals surface area (Å²) in [7, 11) is 6.52. The molecule has 0 radical (unpaired) electrons. The summed E-state index contributed by atoms with van der Waals surface area (Å²) in [5, 5.41) is 6.51. The van der Waals surface area contributed by atoms with E-state index in [0.717, 1.165) is 21.7 Å². The van der Waals surface area contributed by atoms with E-state index in [2.05, 4.69) is 24.5 Å². The fourth-order valence-electron chi connectivity index (χ4n) is 1.28. The highest BCUT2D eigenvalue weighted by atomic mass is 33.7. The summed E-state index contributed by atoms with van der Waals surface area (Å²) in [6.07, 6.45) is 7.38. The van der Waals surface area contributed by atoms with Crippen molar-refractivity contribution in [3.63, 3.8) is 0 Å². The number of nitrogens with one attached hydrogen (secondary N) is 2. The fraction of sp³-hybridized carbons (Fsp3) is 0.833. The predicted molar refractivity (Wildman–Crippen MR) is 111 cm³/mol. The zero-order valence-electron chi connectivity index (χ0n) is 12.1. The maximum atomic E-state index is 5.24. The Kier molecular flexibility index (Phi) is 17.5. The summed E-state index contributed by atoms with van der Waals surface area (Å²) < 4.78 is 1.72. The van der Waals surface area contributed by atoms with Crippen molar-refractivity contribution >= 4 is 74.3 Å². The van der Waals surface area contributed by atoms with Crippen LogP contribution in [0.5, 0.6) is 0 Å². The van der Waals surface area contributed by atoms with E-state index in [1.807, 2.05) is 0 Å². The van der Waals surface area contributed by atoms with E-state index in [-0.39, 0.29) is 0 Å². The highest BCUT2D eigenvalue weighted by Crippen LogP contribution is 2.43. The van der Waals surface area contributed by atoms with Crippen molar-refractivity contribution < 1.29 is 0 Å². The molecule has 0 aromatic rings. The molecule has 0 spiro atoms. The van der Waals surface area contributed by atoms with Crippen LogP contribution in [0.1, 0.15) is 52.4 Å². The standard InChI is InChI=1S/C12H24N2S6/c1-3-5-7-9-13-11(15)17-19-20-18-12(16)14-10-8-6-4-2/h3-10H2,1-2H3,(H,13,15)(H,14,16). The van der Waals surface area contributed by atoms with Crippen LogP contribution in [0.2, 0.25) is 0 Å². The third kappa shape index (κ3) is 15.6. The Labute approximate surface area is 149 Å². The molecule has 8 heteroatoms. The van der Waals surface area contributed by atoms with Gasteiger partial charge in [-0.25, -0.2) is 0 Å². The van der Waals surface area contributed by atoms with Crippen LogP contribution in [-0.4, -0.2) is 21.7 Å². The van der Waals surface area contributed by atoms with Gasteiger partial charge in [0, 0.05) is 13.1 Å². The largest absolute Gasteiger partial charge is 0.370 e. The average molecular weight is 389 g/mol. The van der Waals surface area contributed by atoms with Crippen molar-refractivity contribution in [3.8, 4) is 0 Å². The molecule has 0 aliphatic heterocycles. The molecule has 20 heavy (non-hydrogen) atoms. The van der Waals surface area contributed by atoms with Gasteiger partial charge in [-0.1, -0.05) is 64.0 Å². The second-order valence-corrected chi connectivity index (χ2v) is 11.2. The zero-order chi connectivity index (χ0) is 15.1. The van der Waals surface area contributed by atoms with E-state index in [0.29, 0.717) is 0 Å². The Bertz CT molecular complexity index is 236. The van der Waals surface area contributed by atoms with Gasteiger partial charge in [0.1, 0.15) is 8.64 Å². The molecular weight excluding hydrogens is 365 g/mol. The number of hydrogen-bond acceptors (Lipinski definition) is 6. The number of hydrogen-bond donors (Lipinski definition) is 2. The molecule has 0 saturated heterocycles. The minimum absolute atomic E-state index is 0.862. The Morgan fingerprint density at radius 3 is 1.50 bits per heavy atom. The molecule has 0 heterocycles. The molecule has 2 nitrogen and oxygen atoms in total. The van der Waals surface area contributed by atoms with E-state index in [1.165, 1.54) is 38.5 Å². The van der Waals surface area contributed by atoms with E-state index < -0.39 is 0 Å². The van der Waals surface area contributed by atoms with Crippen molar-refractivity contribution in [2.75, 3.05) is 13.1 Å². The first-order valence-corrected chi connectivity index (χ1v) is 12.6. The number of thiocarbonyl (C=S) groups is 2. The Hall–Kier alpha value is 1.18. The van der Waals surface area contributed by atoms with Gasteiger partial charge in [-0.05, 0) is 54.1 Å². The van der Waals surface area contributed by atoms with Crippen LogP contribution in [0.15, 0.2) is 0 Å². The molecule has 0 atom stereocenters. The van der Waals surface area contributed by atoms with Gasteiger partial charge in [0.25, 0.3) is 0 Å². The monoisotopic (exact) mass is 388 g/mol. The van der Waals surface area contributed by atoms with E-state index in [4.69, 9.17) is 24.4 Å². The summed E-state index contributed by atoms with van der Waals surface area (Å²) >= 11 is 10.5. The van der Waals surface area contributed by atoms with Gasteiger partial charge < -0.3 is 10.6 Å². The second kappa shape index (κ2) is 16.5. The first kappa shape index (κ1) is 21.2. The average Bonchev–Trinajstić information content (AvgIpc) is 2.44. The molecule has 0 amide bonds. The summed E-state index contributed by atoms with van der Waals surface area (Å²) in [5.41, 5.74) is 0. The molecule has 2 N–H and O–H groups in total. The smallest absolute Gasteiger partial charge is 0.145 e. The van der Waals surface area contributed by atoms with Crippen molar-refractivity contribution in [1.29, 1.82) is 0 Å². The molecule has 0 bridgehead atoms. The fourth-order valence-corrected chi connectivity index (χ4v) is 7.49. The SMILES string of the molecule is CCCCCNC(=S)SSSSC(=S)NCCCCC. The molecule has 0 aromatic carbocycles. The lowest BCUT2D eigenvalue weighted by Crippen LogP contribution is -2.19. The van der Waals surface area contributed by atoms with Crippen LogP contribution < -0.4 is 10.6 Å². The molecule has 0 unspecified atom stereocenters. The summed E-state index contributed by atoms with van der Waals surface area (Å²) in [6, 6.07) is 0. The Morgan fingerprint density at radius 2 is 1.15 bits per heavy atom. The minimum Gasteiger partial charge on any atom is -0.370 e. The quantitative estimate of drug-likeness (QED) is 0.260. The number of rotatable bonds is 11. The van der Waals surface area contributed by atoms with Gasteiger partial charge in [-0.2, -0.15) is 0 Å². The molecule has 0 fully saturated rings. The van der Waals surface area contributed by atoms with Gasteiger partial charge in [0.2, 0.25) is 0 Å². The highest BCUT2D eigenvalue weighted by molar-refractivity contribution is 9.29. The first-order chi connectivity index (χ1) is 9.70. The van der Waals surface area contributed by atoms with Gasteiger partial charge >= 0.3 is 0 Å². The van der Waals surface area contributed by atoms with Crippen molar-refractivity contribution in [2.24, 2.45) is 0 Å². The van der Waals surface area contributed by atoms with Crippen LogP contribution in [0, 0.1) is 0 Å². The molecule has 0 aromatic heterocycles. The first-order valence-electron chi connectivity index (χ1n) is 6.94. The van der Waals surface area contributed by atoms with Crippen LogP contribution in [0.25, 0.3) is 0 Å². The van der Waals surface area contributed by atoms with Crippen LogP contribution in [-0.2, 0) is 0 Å². The predicted octanol–water partition coefficient (Wildman–Crippen LogP) is 5.79. The lowest BCUT2D eigenvalue weighted by Gasteiger charge is -2.07. The van der Waals surface area contributed by atoms with Gasteiger partial charge in [-0.3, -0.25) is 0 Å². The summed E-state index contributed by atoms with van der Waals surface area (Å²) in [4.78, 5) is 0. The van der Waals surface area contributed by atoms with Crippen LogP contribution in [0.4, 0.5) is 0 Å². The van der Waals surface area contributed by atoms with Gasteiger partial charge in [0.05, 0.1) is 0 Å². The maximum Gasteiger partial charge on any atom is 0.145 e. The lowest BCUT2D eigenvalue weighted by molar-refractivity contribution is 0.700. The lowest BCUT2D eigenvalue weighted by atomic mass is 10.2. The van der Waals surface area contributed by atoms with Crippen molar-refractivity contribution in [2.45, 2.75) is 52.4 Å². The van der Waals surface area contributed by atoms with E-state index >= 15 is 0 Å². The third-order valence-electron chi connectivity index (χ3n) is 2.35. The summed E-state index contributed by atoms with van der Waals surface area (Å²) in [6.45, 7) is 6.37. The molecule has 0 aliphatic rings. The molecular formula is C12H24N2S6. The van der Waals surface area contributed by atoms with Crippen LogP contribution >= 0.6 is 65.7 Å². The maximum absolute atomic E-state index is 5.24. The highest BCUT2D eigenvalue weighted by Gasteiger charge is 2.01. The minimum atomic E-state index is 0.862. The number of unbranched alkanes of at least 4 members (excludes halogenated alkanes) is 4. The summed E-state index contributed by atoms with van der Waals surface area (Å²) in [5.74, 6) is 0. The zero-order valence-corrected chi connectivity index (χ0v) is 17.0. The second-order valence-electron chi connectivity index (χ2n) is 4.15. The topological polar surface area (TPSA) is 24.1 Å². The van der Waals surface area contributed by atoms with E-state index in [9.17, 15) is 0 Å². The molecule has 0 aliphatic carbocycles. The van der Waals surface area contributed by atoms with Crippen molar-refractivity contribution in [3.05, 3.63) is 0 Å². The normalized spacial score (nSPS) is 10.3. The van der Waals surface area contributed by atoms with Gasteiger partial charge in [-0.15, -0.1) is 0 Å². The third-order valence-corrected chi connectivity index (χ3v) is 9.35. The molecule has 0 saturated carbocycles. The molecule has 0 rings (SSSR count). The van der Waals surface area contributed by atoms with Crippen molar-refractivity contribution in [1.82, 2.24) is 10.6 Å². The Morgan fingerprint density at radius 1 is 0.750 bits per heavy atom. The van der Waals surface area contributed by atoms with Crippen LogP contribution in [0.3, 0.4) is 0 Å². The van der Waals surface area contributed by atoms with Gasteiger partial charge in [0.15, 0.2) is 0 Å². The van der Waals surface area contributed by atoms with E-state index in [1.54, 1.807) is 41.2 Å². The molecule has 118 valence electrons. The Balaban J connectivity index is 3.32.